The molecule has 2 heterocycles. The molecule has 3 aromatic rings. The Hall–Kier alpha value is -3.63. The van der Waals surface area contributed by atoms with Crippen molar-refractivity contribution in [2.75, 3.05) is 5.32 Å². The molecule has 2 N–H and O–H groups in total. The number of rotatable bonds is 2. The van der Waals surface area contributed by atoms with E-state index in [0.717, 1.165) is 16.8 Å². The van der Waals surface area contributed by atoms with E-state index >= 15 is 0 Å². The van der Waals surface area contributed by atoms with Crippen molar-refractivity contribution < 1.29 is 14.6 Å². The van der Waals surface area contributed by atoms with Gasteiger partial charge in [0.05, 0.1) is 5.57 Å². The van der Waals surface area contributed by atoms with Gasteiger partial charge in [0, 0.05) is 28.0 Å². The fourth-order valence-corrected chi connectivity index (χ4v) is 3.72. The highest BCUT2D eigenvalue weighted by atomic mass is 16.6. The SMILES string of the molecule is O=C1Nc2ccccc2/C1=C1/C=C(c2ccccc2)OC1(O)c1ccccc1. The lowest BCUT2D eigenvalue weighted by molar-refractivity contribution is -0.121. The Kier molecular flexibility index (Phi) is 3.67. The van der Waals surface area contributed by atoms with Crippen molar-refractivity contribution in [3.05, 3.63) is 113 Å². The summed E-state index contributed by atoms with van der Waals surface area (Å²) < 4.78 is 6.09. The number of fused-ring (bicyclic) bond motifs is 1. The summed E-state index contributed by atoms with van der Waals surface area (Å²) in [5, 5.41) is 14.5. The van der Waals surface area contributed by atoms with Crippen LogP contribution in [-0.4, -0.2) is 11.0 Å². The summed E-state index contributed by atoms with van der Waals surface area (Å²) in [5.74, 6) is -1.48. The van der Waals surface area contributed by atoms with Crippen LogP contribution in [0.3, 0.4) is 0 Å². The first kappa shape index (κ1) is 16.5. The fourth-order valence-electron chi connectivity index (χ4n) is 3.72. The maximum Gasteiger partial charge on any atom is 0.262 e. The van der Waals surface area contributed by atoms with Crippen molar-refractivity contribution in [2.45, 2.75) is 5.79 Å². The number of carbonyl (C=O) groups excluding carboxylic acids is 1. The van der Waals surface area contributed by atoms with Gasteiger partial charge in [-0.15, -0.1) is 0 Å². The summed E-state index contributed by atoms with van der Waals surface area (Å²) in [4.78, 5) is 12.8. The summed E-state index contributed by atoms with van der Waals surface area (Å²) in [6.45, 7) is 0. The van der Waals surface area contributed by atoms with Crippen LogP contribution in [0.1, 0.15) is 16.7 Å². The lowest BCUT2D eigenvalue weighted by Crippen LogP contribution is -2.28. The first-order valence-corrected chi connectivity index (χ1v) is 9.06. The van der Waals surface area contributed by atoms with Crippen LogP contribution in [-0.2, 0) is 15.3 Å². The summed E-state index contributed by atoms with van der Waals surface area (Å²) in [5.41, 5.74) is 3.74. The minimum absolute atomic E-state index is 0.250. The highest BCUT2D eigenvalue weighted by Crippen LogP contribution is 2.48. The second-order valence-corrected chi connectivity index (χ2v) is 6.78. The van der Waals surface area contributed by atoms with Crippen molar-refractivity contribution in [1.29, 1.82) is 0 Å². The molecule has 0 saturated heterocycles. The lowest BCUT2D eigenvalue weighted by Gasteiger charge is -2.26. The maximum absolute atomic E-state index is 12.8. The molecule has 4 nitrogen and oxygen atoms in total. The third kappa shape index (κ3) is 2.47. The molecule has 1 amide bonds. The van der Waals surface area contributed by atoms with E-state index in [4.69, 9.17) is 4.74 Å². The molecule has 0 aromatic heterocycles. The van der Waals surface area contributed by atoms with E-state index in [1.54, 1.807) is 18.2 Å². The molecule has 0 fully saturated rings. The zero-order valence-corrected chi connectivity index (χ0v) is 14.9. The zero-order valence-electron chi connectivity index (χ0n) is 14.9. The highest BCUT2D eigenvalue weighted by molar-refractivity contribution is 6.33. The van der Waals surface area contributed by atoms with Gasteiger partial charge >= 0.3 is 0 Å². The van der Waals surface area contributed by atoms with E-state index in [2.05, 4.69) is 5.32 Å². The van der Waals surface area contributed by atoms with Gasteiger partial charge < -0.3 is 15.2 Å². The number of hydrogen-bond acceptors (Lipinski definition) is 3. The monoisotopic (exact) mass is 367 g/mol. The molecule has 0 spiro atoms. The molecule has 0 aliphatic carbocycles. The van der Waals surface area contributed by atoms with Gasteiger partial charge in [-0.25, -0.2) is 0 Å². The molecule has 5 rings (SSSR count). The molecule has 28 heavy (non-hydrogen) atoms. The molecule has 3 aromatic carbocycles. The number of amides is 1. The number of ether oxygens (including phenoxy) is 1. The van der Waals surface area contributed by atoms with Crippen LogP contribution in [0.15, 0.2) is 96.6 Å². The minimum atomic E-state index is -1.75. The van der Waals surface area contributed by atoms with Gasteiger partial charge in [-0.2, -0.15) is 0 Å². The third-order valence-electron chi connectivity index (χ3n) is 5.06. The van der Waals surface area contributed by atoms with E-state index in [9.17, 15) is 9.90 Å². The Labute approximate surface area is 162 Å². The van der Waals surface area contributed by atoms with Gasteiger partial charge in [0.1, 0.15) is 5.76 Å². The Morgan fingerprint density at radius 3 is 2.21 bits per heavy atom. The van der Waals surface area contributed by atoms with E-state index in [1.165, 1.54) is 0 Å². The van der Waals surface area contributed by atoms with Crippen LogP contribution in [0.2, 0.25) is 0 Å². The van der Waals surface area contributed by atoms with Crippen LogP contribution in [0.4, 0.5) is 5.69 Å². The molecule has 1 unspecified atom stereocenters. The predicted octanol–water partition coefficient (Wildman–Crippen LogP) is 4.31. The molecular weight excluding hydrogens is 350 g/mol. The van der Waals surface area contributed by atoms with Crippen molar-refractivity contribution in [2.24, 2.45) is 0 Å². The number of carbonyl (C=O) groups is 1. The Bertz CT molecular complexity index is 1130. The standard InChI is InChI=1S/C24H17NO3/c26-23-22(18-13-7-8-14-20(18)25-23)19-15-21(16-9-3-1-4-10-16)28-24(19,27)17-11-5-2-6-12-17/h1-15,27H,(H,25,26)/b22-19+. The second-order valence-electron chi connectivity index (χ2n) is 6.78. The number of hydrogen-bond donors (Lipinski definition) is 2. The fraction of sp³-hybridized carbons (Fsp3) is 0.0417. The van der Waals surface area contributed by atoms with Crippen LogP contribution in [0.5, 0.6) is 0 Å². The molecule has 136 valence electrons. The molecule has 2 aliphatic heterocycles. The molecule has 1 atom stereocenters. The van der Waals surface area contributed by atoms with Crippen LogP contribution < -0.4 is 5.32 Å². The average molecular weight is 367 g/mol. The molecular formula is C24H17NO3. The summed E-state index contributed by atoms with van der Waals surface area (Å²) in [6, 6.07) is 26.1. The van der Waals surface area contributed by atoms with Crippen LogP contribution in [0, 0.1) is 0 Å². The third-order valence-corrected chi connectivity index (χ3v) is 5.06. The molecule has 0 saturated carbocycles. The van der Waals surface area contributed by atoms with Gasteiger partial charge in [0.25, 0.3) is 11.7 Å². The van der Waals surface area contributed by atoms with Crippen LogP contribution >= 0.6 is 0 Å². The Morgan fingerprint density at radius 1 is 0.821 bits per heavy atom. The Balaban J connectivity index is 1.77. The molecule has 4 heteroatoms. The van der Waals surface area contributed by atoms with E-state index in [0.29, 0.717) is 22.5 Å². The lowest BCUT2D eigenvalue weighted by atomic mass is 9.91. The first-order chi connectivity index (χ1) is 13.7. The first-order valence-electron chi connectivity index (χ1n) is 9.06. The molecule has 0 radical (unpaired) electrons. The highest BCUT2D eigenvalue weighted by Gasteiger charge is 2.45. The number of anilines is 1. The number of aliphatic hydroxyl groups is 1. The van der Waals surface area contributed by atoms with Gasteiger partial charge in [0.2, 0.25) is 0 Å². The van der Waals surface area contributed by atoms with E-state index in [1.807, 2.05) is 72.8 Å². The van der Waals surface area contributed by atoms with Crippen molar-refractivity contribution in [3.63, 3.8) is 0 Å². The number of benzene rings is 3. The largest absolute Gasteiger partial charge is 0.453 e. The smallest absolute Gasteiger partial charge is 0.262 e. The quantitative estimate of drug-likeness (QED) is 0.664. The minimum Gasteiger partial charge on any atom is -0.453 e. The number of para-hydroxylation sites is 1. The normalized spacial score (nSPS) is 23.0. The van der Waals surface area contributed by atoms with Crippen molar-refractivity contribution >= 4 is 22.9 Å². The van der Waals surface area contributed by atoms with Crippen molar-refractivity contribution in [3.8, 4) is 0 Å². The average Bonchev–Trinajstić information content (AvgIpc) is 3.26. The zero-order chi connectivity index (χ0) is 19.1. The summed E-state index contributed by atoms with van der Waals surface area (Å²) >= 11 is 0. The van der Waals surface area contributed by atoms with E-state index < -0.39 is 5.79 Å². The van der Waals surface area contributed by atoms with Crippen LogP contribution in [0.25, 0.3) is 11.3 Å². The van der Waals surface area contributed by atoms with Gasteiger partial charge in [-0.1, -0.05) is 78.9 Å². The Morgan fingerprint density at radius 2 is 1.46 bits per heavy atom. The second kappa shape index (κ2) is 6.22. The van der Waals surface area contributed by atoms with Gasteiger partial charge in [-0.3, -0.25) is 4.79 Å². The predicted molar refractivity (Wildman–Crippen MR) is 108 cm³/mol. The topological polar surface area (TPSA) is 58.6 Å². The molecule has 2 aliphatic rings. The number of nitrogens with one attached hydrogen (secondary N) is 1. The summed E-state index contributed by atoms with van der Waals surface area (Å²) in [6.07, 6.45) is 1.76. The summed E-state index contributed by atoms with van der Waals surface area (Å²) in [7, 11) is 0. The maximum atomic E-state index is 12.8. The van der Waals surface area contributed by atoms with E-state index in [-0.39, 0.29) is 5.91 Å². The van der Waals surface area contributed by atoms with Gasteiger partial charge in [-0.05, 0) is 12.1 Å². The van der Waals surface area contributed by atoms with Gasteiger partial charge in [0.15, 0.2) is 0 Å². The molecule has 0 bridgehead atoms. The van der Waals surface area contributed by atoms with Crippen molar-refractivity contribution in [1.82, 2.24) is 0 Å².